The molecule has 3 aromatic rings. The Balaban J connectivity index is 1.16. The van der Waals surface area contributed by atoms with Gasteiger partial charge in [-0.15, -0.1) is 0 Å². The van der Waals surface area contributed by atoms with Crippen molar-refractivity contribution < 1.29 is 4.79 Å². The van der Waals surface area contributed by atoms with E-state index >= 15 is 0 Å². The van der Waals surface area contributed by atoms with Gasteiger partial charge in [0.05, 0.1) is 18.8 Å². The lowest BCUT2D eigenvalue weighted by Crippen LogP contribution is -2.49. The molecule has 2 aromatic heterocycles. The van der Waals surface area contributed by atoms with Gasteiger partial charge in [-0.3, -0.25) is 4.68 Å². The number of carbonyl (C=O) groups excluding carboxylic acids is 1. The summed E-state index contributed by atoms with van der Waals surface area (Å²) in [5.74, 6) is 0.762. The van der Waals surface area contributed by atoms with Crippen molar-refractivity contribution in [3.63, 3.8) is 0 Å². The number of hydrogen-bond donors (Lipinski definition) is 2. The molecular weight excluding hydrogens is 402 g/mol. The molecule has 1 unspecified atom stereocenters. The third-order valence-corrected chi connectivity index (χ3v) is 6.41. The molecular formula is C24H29N7O. The van der Waals surface area contributed by atoms with Crippen LogP contribution < -0.4 is 15.5 Å². The molecule has 0 radical (unpaired) electrons. The number of piperidine rings is 1. The standard InChI is InChI=1S/C24H29N7O/c32-24(28-19-10-14-30(15-11-19)23-25-12-5-13-26-23)29-21-8-4-9-22-20(21)16-27-31(22)17-18-6-2-1-3-7-18/h1-3,5-7,12-13,16,19,21H,4,8-11,14-15,17H2,(H2,28,29,32). The molecule has 0 bridgehead atoms. The molecule has 8 nitrogen and oxygen atoms in total. The number of rotatable bonds is 5. The number of hydrogen-bond acceptors (Lipinski definition) is 5. The number of amides is 2. The third-order valence-electron chi connectivity index (χ3n) is 6.41. The van der Waals surface area contributed by atoms with E-state index in [9.17, 15) is 4.79 Å². The van der Waals surface area contributed by atoms with E-state index in [4.69, 9.17) is 0 Å². The predicted octanol–water partition coefficient (Wildman–Crippen LogP) is 3.07. The molecule has 1 aliphatic heterocycles. The third kappa shape index (κ3) is 4.59. The lowest BCUT2D eigenvalue weighted by molar-refractivity contribution is 0.229. The van der Waals surface area contributed by atoms with Gasteiger partial charge in [0, 0.05) is 42.8 Å². The van der Waals surface area contributed by atoms with Crippen molar-refractivity contribution in [1.29, 1.82) is 0 Å². The Labute approximate surface area is 188 Å². The van der Waals surface area contributed by atoms with Gasteiger partial charge in [-0.25, -0.2) is 14.8 Å². The molecule has 3 heterocycles. The minimum Gasteiger partial charge on any atom is -0.341 e. The Morgan fingerprint density at radius 2 is 1.78 bits per heavy atom. The van der Waals surface area contributed by atoms with Crippen molar-refractivity contribution in [3.8, 4) is 0 Å². The molecule has 1 fully saturated rings. The molecule has 32 heavy (non-hydrogen) atoms. The quantitative estimate of drug-likeness (QED) is 0.648. The Kier molecular flexibility index (Phi) is 6.00. The Hall–Kier alpha value is -3.42. The van der Waals surface area contributed by atoms with Gasteiger partial charge in [0.15, 0.2) is 0 Å². The van der Waals surface area contributed by atoms with Gasteiger partial charge < -0.3 is 15.5 Å². The van der Waals surface area contributed by atoms with Crippen molar-refractivity contribution in [3.05, 3.63) is 71.8 Å². The average molecular weight is 432 g/mol. The van der Waals surface area contributed by atoms with Crippen LogP contribution in [0.4, 0.5) is 10.7 Å². The molecule has 1 aromatic carbocycles. The van der Waals surface area contributed by atoms with Crippen LogP contribution in [0, 0.1) is 0 Å². The Morgan fingerprint density at radius 1 is 1.00 bits per heavy atom. The second-order valence-corrected chi connectivity index (χ2v) is 8.56. The first-order chi connectivity index (χ1) is 15.8. The van der Waals surface area contributed by atoms with E-state index in [0.717, 1.165) is 63.3 Å². The van der Waals surface area contributed by atoms with Crippen LogP contribution in [0.2, 0.25) is 0 Å². The van der Waals surface area contributed by atoms with Crippen LogP contribution in [0.1, 0.15) is 48.5 Å². The zero-order valence-corrected chi connectivity index (χ0v) is 18.2. The molecule has 0 saturated carbocycles. The predicted molar refractivity (Wildman–Crippen MR) is 122 cm³/mol. The van der Waals surface area contributed by atoms with Crippen LogP contribution in [0.15, 0.2) is 55.0 Å². The van der Waals surface area contributed by atoms with E-state index in [1.54, 1.807) is 12.4 Å². The maximum atomic E-state index is 12.8. The molecule has 2 N–H and O–H groups in total. The number of nitrogens with one attached hydrogen (secondary N) is 2. The summed E-state index contributed by atoms with van der Waals surface area (Å²) in [5, 5.41) is 11.0. The number of benzene rings is 1. The summed E-state index contributed by atoms with van der Waals surface area (Å²) in [6, 6.07) is 12.3. The fourth-order valence-corrected chi connectivity index (χ4v) is 4.72. The molecule has 0 spiro atoms. The number of nitrogens with zero attached hydrogens (tertiary/aromatic N) is 5. The zero-order chi connectivity index (χ0) is 21.8. The van der Waals surface area contributed by atoms with Crippen molar-refractivity contribution >= 4 is 12.0 Å². The van der Waals surface area contributed by atoms with Gasteiger partial charge in [-0.1, -0.05) is 30.3 Å². The van der Waals surface area contributed by atoms with E-state index in [-0.39, 0.29) is 18.1 Å². The van der Waals surface area contributed by atoms with E-state index < -0.39 is 0 Å². The summed E-state index contributed by atoms with van der Waals surface area (Å²) in [5.41, 5.74) is 3.62. The number of aromatic nitrogens is 4. The molecule has 8 heteroatoms. The first-order valence-corrected chi connectivity index (χ1v) is 11.4. The molecule has 5 rings (SSSR count). The monoisotopic (exact) mass is 431 g/mol. The second-order valence-electron chi connectivity index (χ2n) is 8.56. The number of fused-ring (bicyclic) bond motifs is 1. The van der Waals surface area contributed by atoms with Crippen LogP contribution >= 0.6 is 0 Å². The fourth-order valence-electron chi connectivity index (χ4n) is 4.72. The van der Waals surface area contributed by atoms with E-state index in [1.807, 2.05) is 18.3 Å². The molecule has 166 valence electrons. The fraction of sp³-hybridized carbons (Fsp3) is 0.417. The SMILES string of the molecule is O=C(NC1CCN(c2ncccn2)CC1)NC1CCCc2c1cnn2Cc1ccccc1. The summed E-state index contributed by atoms with van der Waals surface area (Å²) in [4.78, 5) is 23.6. The number of urea groups is 1. The molecule has 1 aliphatic carbocycles. The highest BCUT2D eigenvalue weighted by atomic mass is 16.2. The summed E-state index contributed by atoms with van der Waals surface area (Å²) >= 11 is 0. The first kappa shape index (κ1) is 20.5. The van der Waals surface area contributed by atoms with E-state index in [0.29, 0.717) is 0 Å². The van der Waals surface area contributed by atoms with Crippen LogP contribution in [0.5, 0.6) is 0 Å². The zero-order valence-electron chi connectivity index (χ0n) is 18.2. The summed E-state index contributed by atoms with van der Waals surface area (Å²) in [6.45, 7) is 2.45. The van der Waals surface area contributed by atoms with Gasteiger partial charge >= 0.3 is 6.03 Å². The van der Waals surface area contributed by atoms with Crippen molar-refractivity contribution in [2.45, 2.75) is 50.7 Å². The smallest absolute Gasteiger partial charge is 0.315 e. The highest BCUT2D eigenvalue weighted by molar-refractivity contribution is 5.75. The van der Waals surface area contributed by atoms with Crippen molar-refractivity contribution in [2.75, 3.05) is 18.0 Å². The van der Waals surface area contributed by atoms with Crippen LogP contribution in [-0.4, -0.2) is 44.9 Å². The minimum atomic E-state index is -0.0897. The number of carbonyl (C=O) groups is 1. The lowest BCUT2D eigenvalue weighted by atomic mass is 9.93. The maximum absolute atomic E-state index is 12.8. The number of anilines is 1. The molecule has 1 atom stereocenters. The van der Waals surface area contributed by atoms with Crippen LogP contribution in [0.25, 0.3) is 0 Å². The molecule has 1 saturated heterocycles. The van der Waals surface area contributed by atoms with Crippen molar-refractivity contribution in [1.82, 2.24) is 30.4 Å². The maximum Gasteiger partial charge on any atom is 0.315 e. The minimum absolute atomic E-state index is 0.0149. The van der Waals surface area contributed by atoms with Gasteiger partial charge in [-0.2, -0.15) is 5.10 Å². The average Bonchev–Trinajstić information content (AvgIpc) is 3.24. The summed E-state index contributed by atoms with van der Waals surface area (Å²) in [7, 11) is 0. The Morgan fingerprint density at radius 3 is 2.56 bits per heavy atom. The summed E-state index contributed by atoms with van der Waals surface area (Å²) in [6.07, 6.45) is 10.2. The second kappa shape index (κ2) is 9.38. The van der Waals surface area contributed by atoms with Gasteiger partial charge in [0.1, 0.15) is 0 Å². The van der Waals surface area contributed by atoms with E-state index in [2.05, 4.69) is 59.5 Å². The highest BCUT2D eigenvalue weighted by Crippen LogP contribution is 2.30. The van der Waals surface area contributed by atoms with Crippen LogP contribution in [0.3, 0.4) is 0 Å². The highest BCUT2D eigenvalue weighted by Gasteiger charge is 2.27. The lowest BCUT2D eigenvalue weighted by Gasteiger charge is -2.33. The molecule has 2 amide bonds. The van der Waals surface area contributed by atoms with Gasteiger partial charge in [-0.05, 0) is 43.7 Å². The van der Waals surface area contributed by atoms with E-state index in [1.165, 1.54) is 11.3 Å². The van der Waals surface area contributed by atoms with Gasteiger partial charge in [0.2, 0.25) is 5.95 Å². The normalized spacial score (nSPS) is 18.8. The van der Waals surface area contributed by atoms with Crippen molar-refractivity contribution in [2.24, 2.45) is 0 Å². The topological polar surface area (TPSA) is 88.0 Å². The van der Waals surface area contributed by atoms with Gasteiger partial charge in [0.25, 0.3) is 0 Å². The van der Waals surface area contributed by atoms with Crippen LogP contribution in [-0.2, 0) is 13.0 Å². The Bertz CT molecular complexity index is 1030. The largest absolute Gasteiger partial charge is 0.341 e. The summed E-state index contributed by atoms with van der Waals surface area (Å²) < 4.78 is 2.08. The first-order valence-electron chi connectivity index (χ1n) is 11.4. The molecule has 2 aliphatic rings.